The third kappa shape index (κ3) is 3.47. The fourth-order valence-electron chi connectivity index (χ4n) is 2.39. The molecule has 0 saturated heterocycles. The van der Waals surface area contributed by atoms with Crippen LogP contribution in [0.15, 0.2) is 23.0 Å². The van der Waals surface area contributed by atoms with Gasteiger partial charge in [-0.15, -0.1) is 0 Å². The van der Waals surface area contributed by atoms with Crippen LogP contribution in [-0.4, -0.2) is 28.1 Å². The van der Waals surface area contributed by atoms with Crippen molar-refractivity contribution in [3.8, 4) is 0 Å². The van der Waals surface area contributed by atoms with Crippen LogP contribution in [0.25, 0.3) is 10.8 Å². The molecule has 6 heteroatoms. The highest BCUT2D eigenvalue weighted by molar-refractivity contribution is 5.98. The smallest absolute Gasteiger partial charge is 0.327 e. The Morgan fingerprint density at radius 1 is 1.26 bits per heavy atom. The summed E-state index contributed by atoms with van der Waals surface area (Å²) in [6.07, 6.45) is 0. The zero-order valence-electron chi connectivity index (χ0n) is 13.8. The minimum atomic E-state index is -0.503. The lowest BCUT2D eigenvalue weighted by atomic mass is 10.00. The largest absolute Gasteiger partial charge is 0.465 e. The molecule has 1 heterocycles. The first-order valence-corrected chi connectivity index (χ1v) is 7.56. The maximum absolute atomic E-state index is 12.5. The Morgan fingerprint density at radius 2 is 1.96 bits per heavy atom. The summed E-state index contributed by atoms with van der Waals surface area (Å²) in [5, 5.41) is 5.41. The average molecular weight is 316 g/mol. The van der Waals surface area contributed by atoms with Crippen molar-refractivity contribution in [3.05, 3.63) is 39.8 Å². The van der Waals surface area contributed by atoms with E-state index in [1.807, 2.05) is 13.8 Å². The monoisotopic (exact) mass is 316 g/mol. The van der Waals surface area contributed by atoms with Gasteiger partial charge in [-0.1, -0.05) is 19.9 Å². The Bertz CT molecular complexity index is 821. The van der Waals surface area contributed by atoms with E-state index in [9.17, 15) is 14.4 Å². The van der Waals surface area contributed by atoms with Crippen molar-refractivity contribution in [2.24, 2.45) is 0 Å². The van der Waals surface area contributed by atoms with Gasteiger partial charge in [0.1, 0.15) is 6.54 Å². The molecule has 0 spiro atoms. The molecule has 0 atom stereocenters. The maximum atomic E-state index is 12.5. The molecule has 0 saturated carbocycles. The van der Waals surface area contributed by atoms with Gasteiger partial charge < -0.3 is 4.74 Å². The highest BCUT2D eigenvalue weighted by atomic mass is 16.5. The average Bonchev–Trinajstić information content (AvgIpc) is 2.49. The van der Waals surface area contributed by atoms with Crippen LogP contribution in [0.2, 0.25) is 0 Å². The number of ketones is 1. The van der Waals surface area contributed by atoms with Crippen LogP contribution in [0.4, 0.5) is 0 Å². The fourth-order valence-corrected chi connectivity index (χ4v) is 2.39. The van der Waals surface area contributed by atoms with Gasteiger partial charge in [0.2, 0.25) is 0 Å². The van der Waals surface area contributed by atoms with E-state index < -0.39 is 5.97 Å². The molecular formula is C17H20N2O4. The lowest BCUT2D eigenvalue weighted by Gasteiger charge is -2.13. The van der Waals surface area contributed by atoms with Gasteiger partial charge in [-0.3, -0.25) is 14.4 Å². The highest BCUT2D eigenvalue weighted by Crippen LogP contribution is 2.22. The predicted molar refractivity (Wildman–Crippen MR) is 86.7 cm³/mol. The first kappa shape index (κ1) is 16.9. The second-order valence-corrected chi connectivity index (χ2v) is 5.62. The van der Waals surface area contributed by atoms with Gasteiger partial charge in [0.05, 0.1) is 17.7 Å². The molecule has 0 radical (unpaired) electrons. The van der Waals surface area contributed by atoms with Gasteiger partial charge in [0.25, 0.3) is 5.56 Å². The van der Waals surface area contributed by atoms with E-state index in [1.54, 1.807) is 25.1 Å². The van der Waals surface area contributed by atoms with E-state index in [1.165, 1.54) is 6.92 Å². The van der Waals surface area contributed by atoms with Gasteiger partial charge in [0.15, 0.2) is 5.78 Å². The molecule has 122 valence electrons. The molecule has 0 amide bonds. The maximum Gasteiger partial charge on any atom is 0.327 e. The summed E-state index contributed by atoms with van der Waals surface area (Å²) in [6, 6.07) is 4.92. The second-order valence-electron chi connectivity index (χ2n) is 5.62. The quantitative estimate of drug-likeness (QED) is 0.624. The molecule has 0 N–H and O–H groups in total. The van der Waals surface area contributed by atoms with Gasteiger partial charge in [0, 0.05) is 10.9 Å². The molecule has 0 unspecified atom stereocenters. The van der Waals surface area contributed by atoms with Gasteiger partial charge >= 0.3 is 5.97 Å². The summed E-state index contributed by atoms with van der Waals surface area (Å²) >= 11 is 0. The summed E-state index contributed by atoms with van der Waals surface area (Å²) in [4.78, 5) is 35.8. The van der Waals surface area contributed by atoms with Gasteiger partial charge in [-0.2, -0.15) is 5.10 Å². The second kappa shape index (κ2) is 6.73. The number of nitrogens with zero attached hydrogens (tertiary/aromatic N) is 2. The molecule has 0 fully saturated rings. The topological polar surface area (TPSA) is 78.3 Å². The summed E-state index contributed by atoms with van der Waals surface area (Å²) in [6.45, 7) is 7.10. The number of aromatic nitrogens is 2. The zero-order chi connectivity index (χ0) is 17.1. The van der Waals surface area contributed by atoms with Gasteiger partial charge in [-0.25, -0.2) is 4.68 Å². The molecule has 23 heavy (non-hydrogen) atoms. The van der Waals surface area contributed by atoms with Gasteiger partial charge in [-0.05, 0) is 31.9 Å². The van der Waals surface area contributed by atoms with E-state index in [0.29, 0.717) is 22.0 Å². The third-order valence-corrected chi connectivity index (χ3v) is 3.53. The zero-order valence-corrected chi connectivity index (χ0v) is 13.8. The van der Waals surface area contributed by atoms with E-state index in [0.717, 1.165) is 4.68 Å². The molecule has 6 nitrogen and oxygen atoms in total. The Morgan fingerprint density at radius 3 is 2.52 bits per heavy atom. The van der Waals surface area contributed by atoms with Crippen LogP contribution in [0.1, 0.15) is 49.7 Å². The van der Waals surface area contributed by atoms with Crippen LogP contribution >= 0.6 is 0 Å². The fraction of sp³-hybridized carbons (Fsp3) is 0.412. The minimum absolute atomic E-state index is 0.0359. The van der Waals surface area contributed by atoms with Crippen LogP contribution < -0.4 is 5.56 Å². The Kier molecular flexibility index (Phi) is 4.93. The Hall–Kier alpha value is -2.50. The van der Waals surface area contributed by atoms with E-state index in [4.69, 9.17) is 4.74 Å². The molecule has 0 aliphatic heterocycles. The van der Waals surface area contributed by atoms with Crippen molar-refractivity contribution in [2.75, 3.05) is 6.61 Å². The number of carbonyl (C=O) groups is 2. The summed E-state index contributed by atoms with van der Waals surface area (Å²) in [7, 11) is 0. The molecule has 2 rings (SSSR count). The van der Waals surface area contributed by atoms with E-state index >= 15 is 0 Å². The first-order valence-electron chi connectivity index (χ1n) is 7.56. The number of esters is 1. The molecule has 2 aromatic rings. The van der Waals surface area contributed by atoms with Crippen molar-refractivity contribution < 1.29 is 14.3 Å². The number of carbonyl (C=O) groups excluding carboxylic acids is 2. The normalized spacial score (nSPS) is 11.0. The lowest BCUT2D eigenvalue weighted by Crippen LogP contribution is -2.29. The number of benzene rings is 1. The third-order valence-electron chi connectivity index (χ3n) is 3.53. The molecule has 0 aliphatic rings. The van der Waals surface area contributed by atoms with Crippen LogP contribution in [0, 0.1) is 0 Å². The number of hydrogen-bond donors (Lipinski definition) is 0. The van der Waals surface area contributed by atoms with Crippen LogP contribution in [-0.2, 0) is 16.1 Å². The van der Waals surface area contributed by atoms with Crippen molar-refractivity contribution >= 4 is 22.5 Å². The van der Waals surface area contributed by atoms with Crippen molar-refractivity contribution in [1.82, 2.24) is 9.78 Å². The Labute approximate surface area is 134 Å². The molecule has 1 aromatic carbocycles. The molecule has 0 bridgehead atoms. The summed E-state index contributed by atoms with van der Waals surface area (Å²) in [5.41, 5.74) is 0.836. The summed E-state index contributed by atoms with van der Waals surface area (Å²) < 4.78 is 6.01. The standard InChI is InChI=1S/C17H20N2O4/c1-5-23-15(21)9-19-17(22)13-7-6-12(11(4)20)8-14(13)16(18-19)10(2)3/h6-8,10H,5,9H2,1-4H3. The number of hydrogen-bond acceptors (Lipinski definition) is 5. The SMILES string of the molecule is CCOC(=O)Cn1nc(C(C)C)c2cc(C(C)=O)ccc2c1=O. The summed E-state index contributed by atoms with van der Waals surface area (Å²) in [5.74, 6) is -0.539. The number of Topliss-reactive ketones (excluding diaryl/α,β-unsaturated/α-hetero) is 1. The minimum Gasteiger partial charge on any atom is -0.465 e. The predicted octanol–water partition coefficient (Wildman–Crippen LogP) is 2.29. The number of ether oxygens (including phenoxy) is 1. The van der Waals surface area contributed by atoms with E-state index in [2.05, 4.69) is 5.10 Å². The highest BCUT2D eigenvalue weighted by Gasteiger charge is 2.16. The van der Waals surface area contributed by atoms with Crippen molar-refractivity contribution in [1.29, 1.82) is 0 Å². The van der Waals surface area contributed by atoms with E-state index in [-0.39, 0.29) is 30.4 Å². The molecule has 1 aromatic heterocycles. The molecule has 0 aliphatic carbocycles. The van der Waals surface area contributed by atoms with Crippen LogP contribution in [0.3, 0.4) is 0 Å². The Balaban J connectivity index is 2.67. The van der Waals surface area contributed by atoms with Crippen molar-refractivity contribution in [3.63, 3.8) is 0 Å². The number of rotatable bonds is 5. The first-order chi connectivity index (χ1) is 10.8. The number of fused-ring (bicyclic) bond motifs is 1. The molecular weight excluding hydrogens is 296 g/mol. The van der Waals surface area contributed by atoms with Crippen LogP contribution in [0.5, 0.6) is 0 Å². The lowest BCUT2D eigenvalue weighted by molar-refractivity contribution is -0.144. The van der Waals surface area contributed by atoms with Crippen molar-refractivity contribution in [2.45, 2.75) is 40.2 Å².